The molecule has 1 aromatic carbocycles. The minimum absolute atomic E-state index is 0.648. The molecule has 3 aromatic rings. The molecule has 0 unspecified atom stereocenters. The quantitative estimate of drug-likeness (QED) is 0.779. The van der Waals surface area contributed by atoms with Gasteiger partial charge in [-0.3, -0.25) is 0 Å². The Labute approximate surface area is 123 Å². The number of para-hydroxylation sites is 1. The van der Waals surface area contributed by atoms with Gasteiger partial charge in [-0.15, -0.1) is 0 Å². The number of anilines is 1. The van der Waals surface area contributed by atoms with E-state index in [1.807, 2.05) is 47.1 Å². The van der Waals surface area contributed by atoms with Crippen LogP contribution in [0.2, 0.25) is 0 Å². The van der Waals surface area contributed by atoms with Crippen LogP contribution in [0.25, 0.3) is 17.1 Å². The summed E-state index contributed by atoms with van der Waals surface area (Å²) in [4.78, 5) is 8.79. The summed E-state index contributed by atoms with van der Waals surface area (Å²) in [6, 6.07) is 13.9. The molecule has 5 nitrogen and oxygen atoms in total. The molecule has 0 saturated heterocycles. The second kappa shape index (κ2) is 6.17. The van der Waals surface area contributed by atoms with Crippen molar-refractivity contribution in [2.75, 3.05) is 11.9 Å². The molecule has 0 radical (unpaired) electrons. The fourth-order valence-corrected chi connectivity index (χ4v) is 2.10. The zero-order valence-corrected chi connectivity index (χ0v) is 11.9. The Morgan fingerprint density at radius 1 is 1.05 bits per heavy atom. The molecule has 2 aromatic heterocycles. The summed E-state index contributed by atoms with van der Waals surface area (Å²) < 4.78 is 1.88. The van der Waals surface area contributed by atoms with E-state index in [-0.39, 0.29) is 0 Å². The van der Waals surface area contributed by atoms with Gasteiger partial charge in [0.05, 0.1) is 23.3 Å². The Morgan fingerprint density at radius 2 is 1.90 bits per heavy atom. The molecule has 0 bridgehead atoms. The van der Waals surface area contributed by atoms with Gasteiger partial charge in [-0.05, 0) is 30.7 Å². The number of benzene rings is 1. The van der Waals surface area contributed by atoms with Crippen LogP contribution in [-0.2, 0) is 0 Å². The van der Waals surface area contributed by atoms with E-state index < -0.39 is 0 Å². The molecule has 0 aliphatic rings. The second-order valence-corrected chi connectivity index (χ2v) is 4.66. The van der Waals surface area contributed by atoms with E-state index in [1.165, 1.54) is 0 Å². The van der Waals surface area contributed by atoms with Crippen molar-refractivity contribution in [3.05, 3.63) is 54.9 Å². The minimum atomic E-state index is 0.648. The van der Waals surface area contributed by atoms with Gasteiger partial charge in [-0.1, -0.05) is 25.1 Å². The summed E-state index contributed by atoms with van der Waals surface area (Å²) in [6.45, 7) is 2.97. The van der Waals surface area contributed by atoms with E-state index in [9.17, 15) is 0 Å². The van der Waals surface area contributed by atoms with Crippen molar-refractivity contribution >= 4 is 5.95 Å². The fraction of sp³-hybridized carbons (Fsp3) is 0.188. The molecule has 2 heterocycles. The van der Waals surface area contributed by atoms with Crippen molar-refractivity contribution in [2.24, 2.45) is 0 Å². The second-order valence-electron chi connectivity index (χ2n) is 4.66. The van der Waals surface area contributed by atoms with Gasteiger partial charge in [0.2, 0.25) is 5.95 Å². The maximum Gasteiger partial charge on any atom is 0.223 e. The van der Waals surface area contributed by atoms with Crippen LogP contribution in [0.4, 0.5) is 5.95 Å². The van der Waals surface area contributed by atoms with Crippen LogP contribution in [-0.4, -0.2) is 26.3 Å². The molecule has 0 aliphatic heterocycles. The van der Waals surface area contributed by atoms with E-state index in [0.29, 0.717) is 5.95 Å². The lowest BCUT2D eigenvalue weighted by atomic mass is 10.2. The molecule has 0 saturated carbocycles. The van der Waals surface area contributed by atoms with Crippen molar-refractivity contribution in [1.82, 2.24) is 19.7 Å². The van der Waals surface area contributed by atoms with E-state index in [4.69, 9.17) is 0 Å². The lowest BCUT2D eigenvalue weighted by Gasteiger charge is -2.08. The zero-order chi connectivity index (χ0) is 14.5. The summed E-state index contributed by atoms with van der Waals surface area (Å²) >= 11 is 0. The van der Waals surface area contributed by atoms with Crippen molar-refractivity contribution in [3.8, 4) is 17.1 Å². The maximum atomic E-state index is 4.56. The zero-order valence-electron chi connectivity index (χ0n) is 11.9. The van der Waals surface area contributed by atoms with Crippen LogP contribution >= 0.6 is 0 Å². The van der Waals surface area contributed by atoms with Crippen LogP contribution < -0.4 is 5.32 Å². The largest absolute Gasteiger partial charge is 0.354 e. The van der Waals surface area contributed by atoms with E-state index in [1.54, 1.807) is 12.4 Å². The molecular formula is C16H17N5. The molecule has 5 heteroatoms. The predicted octanol–water partition coefficient (Wildman–Crippen LogP) is 3.15. The molecule has 0 atom stereocenters. The van der Waals surface area contributed by atoms with Crippen LogP contribution in [0.1, 0.15) is 13.3 Å². The Kier molecular flexibility index (Phi) is 3.91. The maximum absolute atomic E-state index is 4.56. The van der Waals surface area contributed by atoms with Gasteiger partial charge in [0.15, 0.2) is 0 Å². The van der Waals surface area contributed by atoms with Gasteiger partial charge < -0.3 is 5.32 Å². The normalized spacial score (nSPS) is 10.5. The molecule has 0 fully saturated rings. The average molecular weight is 279 g/mol. The SMILES string of the molecule is CCCNc1nccc(-c2ccnn2-c2ccccc2)n1. The van der Waals surface area contributed by atoms with Gasteiger partial charge in [-0.2, -0.15) is 5.10 Å². The molecule has 1 N–H and O–H groups in total. The topological polar surface area (TPSA) is 55.6 Å². The number of aromatic nitrogens is 4. The summed E-state index contributed by atoms with van der Waals surface area (Å²) in [7, 11) is 0. The Hall–Kier alpha value is -2.69. The molecule has 21 heavy (non-hydrogen) atoms. The standard InChI is InChI=1S/C16H17N5/c1-2-10-17-16-18-11-8-14(20-16)15-9-12-19-21(15)13-6-4-3-5-7-13/h3-9,11-12H,2,10H2,1H3,(H,17,18,20). The predicted molar refractivity (Wildman–Crippen MR) is 83.4 cm³/mol. The van der Waals surface area contributed by atoms with Crippen LogP contribution in [0.5, 0.6) is 0 Å². The summed E-state index contributed by atoms with van der Waals surface area (Å²) in [6.07, 6.45) is 4.59. The first-order valence-corrected chi connectivity index (χ1v) is 7.05. The molecule has 0 spiro atoms. The Morgan fingerprint density at radius 3 is 2.71 bits per heavy atom. The summed E-state index contributed by atoms with van der Waals surface area (Å²) in [5.41, 5.74) is 2.81. The number of rotatable bonds is 5. The lowest BCUT2D eigenvalue weighted by molar-refractivity contribution is 0.882. The highest BCUT2D eigenvalue weighted by Gasteiger charge is 2.09. The van der Waals surface area contributed by atoms with Crippen molar-refractivity contribution in [1.29, 1.82) is 0 Å². The number of hydrogen-bond donors (Lipinski definition) is 1. The summed E-state index contributed by atoms with van der Waals surface area (Å²) in [5, 5.41) is 7.59. The average Bonchev–Trinajstić information content (AvgIpc) is 3.04. The third-order valence-electron chi connectivity index (χ3n) is 3.09. The molecule has 0 amide bonds. The molecule has 3 rings (SSSR count). The first kappa shape index (κ1) is 13.3. The van der Waals surface area contributed by atoms with Gasteiger partial charge in [0.1, 0.15) is 0 Å². The van der Waals surface area contributed by atoms with Crippen LogP contribution in [0, 0.1) is 0 Å². The first-order valence-electron chi connectivity index (χ1n) is 7.05. The summed E-state index contributed by atoms with van der Waals surface area (Å²) in [5.74, 6) is 0.648. The third-order valence-corrected chi connectivity index (χ3v) is 3.09. The van der Waals surface area contributed by atoms with Crippen molar-refractivity contribution in [2.45, 2.75) is 13.3 Å². The third kappa shape index (κ3) is 2.91. The van der Waals surface area contributed by atoms with Gasteiger partial charge >= 0.3 is 0 Å². The molecular weight excluding hydrogens is 262 g/mol. The Bertz CT molecular complexity index is 705. The highest BCUT2D eigenvalue weighted by molar-refractivity contribution is 5.58. The van der Waals surface area contributed by atoms with Crippen LogP contribution in [0.3, 0.4) is 0 Å². The lowest BCUT2D eigenvalue weighted by Crippen LogP contribution is -2.05. The number of hydrogen-bond acceptors (Lipinski definition) is 4. The van der Waals surface area contributed by atoms with Gasteiger partial charge in [-0.25, -0.2) is 14.6 Å². The number of nitrogens with zero attached hydrogens (tertiary/aromatic N) is 4. The van der Waals surface area contributed by atoms with E-state index in [0.717, 1.165) is 30.0 Å². The minimum Gasteiger partial charge on any atom is -0.354 e. The van der Waals surface area contributed by atoms with Crippen molar-refractivity contribution < 1.29 is 0 Å². The Balaban J connectivity index is 1.97. The van der Waals surface area contributed by atoms with E-state index >= 15 is 0 Å². The highest BCUT2D eigenvalue weighted by Crippen LogP contribution is 2.20. The smallest absolute Gasteiger partial charge is 0.223 e. The van der Waals surface area contributed by atoms with Gasteiger partial charge in [0.25, 0.3) is 0 Å². The van der Waals surface area contributed by atoms with Crippen molar-refractivity contribution in [3.63, 3.8) is 0 Å². The number of nitrogens with one attached hydrogen (secondary N) is 1. The van der Waals surface area contributed by atoms with Gasteiger partial charge in [0, 0.05) is 12.7 Å². The molecule has 106 valence electrons. The first-order chi connectivity index (χ1) is 10.4. The monoisotopic (exact) mass is 279 g/mol. The van der Waals surface area contributed by atoms with Crippen LogP contribution in [0.15, 0.2) is 54.9 Å². The van der Waals surface area contributed by atoms with E-state index in [2.05, 4.69) is 27.3 Å². The fourth-order valence-electron chi connectivity index (χ4n) is 2.10. The highest BCUT2D eigenvalue weighted by atomic mass is 15.3. The molecule has 0 aliphatic carbocycles.